The number of carbonyl (C=O) groups is 1. The predicted octanol–water partition coefficient (Wildman–Crippen LogP) is 5.09. The summed E-state index contributed by atoms with van der Waals surface area (Å²) < 4.78 is 24.2. The number of aryl methyl sites for hydroxylation is 2. The van der Waals surface area contributed by atoms with Crippen LogP contribution in [0.4, 0.5) is 10.2 Å². The summed E-state index contributed by atoms with van der Waals surface area (Å²) in [5.74, 6) is 1.31. The van der Waals surface area contributed by atoms with Gasteiger partial charge < -0.3 is 14.4 Å². The van der Waals surface area contributed by atoms with Crippen LogP contribution in [-0.4, -0.2) is 21.2 Å². The van der Waals surface area contributed by atoms with E-state index in [9.17, 15) is 9.18 Å². The van der Waals surface area contributed by atoms with Gasteiger partial charge in [0.15, 0.2) is 5.82 Å². The SMILES string of the molecule is Cc1cc(NC(=O)C(SCc2nc(-c3ccc(C)c(F)c3)no2)c2ccccc2)no1. The molecule has 4 aromatic rings. The van der Waals surface area contributed by atoms with Crippen LogP contribution in [-0.2, 0) is 10.5 Å². The Labute approximate surface area is 182 Å². The minimum Gasteiger partial charge on any atom is -0.360 e. The average Bonchev–Trinajstić information content (AvgIpc) is 3.40. The first-order valence-corrected chi connectivity index (χ1v) is 10.5. The molecule has 1 unspecified atom stereocenters. The van der Waals surface area contributed by atoms with E-state index in [1.807, 2.05) is 30.3 Å². The molecule has 2 aromatic heterocycles. The number of amides is 1. The Morgan fingerprint density at radius 2 is 1.90 bits per heavy atom. The molecule has 0 saturated carbocycles. The van der Waals surface area contributed by atoms with Gasteiger partial charge in [-0.15, -0.1) is 11.8 Å². The van der Waals surface area contributed by atoms with E-state index < -0.39 is 5.25 Å². The van der Waals surface area contributed by atoms with E-state index in [4.69, 9.17) is 9.05 Å². The van der Waals surface area contributed by atoms with Gasteiger partial charge in [-0.25, -0.2) is 4.39 Å². The molecule has 0 aliphatic heterocycles. The van der Waals surface area contributed by atoms with Gasteiger partial charge in [0.05, 0.1) is 5.75 Å². The summed E-state index contributed by atoms with van der Waals surface area (Å²) >= 11 is 1.34. The Hall–Kier alpha value is -3.46. The molecule has 0 aliphatic rings. The minimum atomic E-state index is -0.537. The monoisotopic (exact) mass is 438 g/mol. The van der Waals surface area contributed by atoms with Crippen molar-refractivity contribution in [2.45, 2.75) is 24.9 Å². The van der Waals surface area contributed by atoms with Crippen LogP contribution in [0.3, 0.4) is 0 Å². The molecule has 0 spiro atoms. The summed E-state index contributed by atoms with van der Waals surface area (Å²) in [6.45, 7) is 3.44. The van der Waals surface area contributed by atoms with Gasteiger partial charge in [-0.2, -0.15) is 4.98 Å². The second-order valence-electron chi connectivity index (χ2n) is 6.89. The molecule has 158 valence electrons. The van der Waals surface area contributed by atoms with Gasteiger partial charge in [-0.05, 0) is 31.0 Å². The van der Waals surface area contributed by atoms with Gasteiger partial charge in [0, 0.05) is 11.6 Å². The number of nitrogens with zero attached hydrogens (tertiary/aromatic N) is 3. The van der Waals surface area contributed by atoms with Crippen LogP contribution in [0.2, 0.25) is 0 Å². The highest BCUT2D eigenvalue weighted by molar-refractivity contribution is 7.99. The van der Waals surface area contributed by atoms with Crippen molar-refractivity contribution in [3.63, 3.8) is 0 Å². The van der Waals surface area contributed by atoms with Gasteiger partial charge in [-0.1, -0.05) is 52.8 Å². The van der Waals surface area contributed by atoms with Gasteiger partial charge in [0.25, 0.3) is 0 Å². The number of aromatic nitrogens is 3. The number of hydrogen-bond acceptors (Lipinski definition) is 7. The molecular formula is C22H19FN4O3S. The normalized spacial score (nSPS) is 12.0. The minimum absolute atomic E-state index is 0.246. The number of thioether (sulfide) groups is 1. The van der Waals surface area contributed by atoms with Crippen molar-refractivity contribution in [2.24, 2.45) is 0 Å². The Balaban J connectivity index is 1.49. The van der Waals surface area contributed by atoms with E-state index in [2.05, 4.69) is 20.6 Å². The lowest BCUT2D eigenvalue weighted by Crippen LogP contribution is -2.19. The zero-order valence-electron chi connectivity index (χ0n) is 16.8. The molecule has 0 saturated heterocycles. The molecule has 7 nitrogen and oxygen atoms in total. The highest BCUT2D eigenvalue weighted by Crippen LogP contribution is 2.33. The second-order valence-corrected chi connectivity index (χ2v) is 7.98. The fourth-order valence-electron chi connectivity index (χ4n) is 2.89. The lowest BCUT2D eigenvalue weighted by molar-refractivity contribution is -0.115. The van der Waals surface area contributed by atoms with E-state index in [0.717, 1.165) is 5.56 Å². The molecule has 0 radical (unpaired) electrons. The summed E-state index contributed by atoms with van der Waals surface area (Å²) in [6, 6.07) is 15.8. The Bertz CT molecular complexity index is 1190. The van der Waals surface area contributed by atoms with Crippen LogP contribution in [0.15, 0.2) is 63.6 Å². The number of nitrogens with one attached hydrogen (secondary N) is 1. The summed E-state index contributed by atoms with van der Waals surface area (Å²) in [7, 11) is 0. The van der Waals surface area contributed by atoms with Gasteiger partial charge in [0.2, 0.25) is 17.6 Å². The quantitative estimate of drug-likeness (QED) is 0.429. The van der Waals surface area contributed by atoms with E-state index in [-0.39, 0.29) is 11.7 Å². The molecule has 0 fully saturated rings. The van der Waals surface area contributed by atoms with E-state index >= 15 is 0 Å². The largest absolute Gasteiger partial charge is 0.360 e. The molecule has 1 amide bonds. The van der Waals surface area contributed by atoms with Gasteiger partial charge in [-0.3, -0.25) is 4.79 Å². The number of carbonyl (C=O) groups excluding carboxylic acids is 1. The zero-order valence-corrected chi connectivity index (χ0v) is 17.6. The van der Waals surface area contributed by atoms with Crippen molar-refractivity contribution < 1.29 is 18.2 Å². The Morgan fingerprint density at radius 1 is 1.10 bits per heavy atom. The Morgan fingerprint density at radius 3 is 2.61 bits per heavy atom. The van der Waals surface area contributed by atoms with Crippen molar-refractivity contribution in [3.8, 4) is 11.4 Å². The van der Waals surface area contributed by atoms with Crippen LogP contribution >= 0.6 is 11.8 Å². The molecule has 0 bridgehead atoms. The molecule has 2 heterocycles. The number of rotatable bonds is 7. The topological polar surface area (TPSA) is 94.1 Å². The van der Waals surface area contributed by atoms with Crippen LogP contribution in [0, 0.1) is 19.7 Å². The third-order valence-corrected chi connectivity index (χ3v) is 5.72. The number of benzene rings is 2. The summed E-state index contributed by atoms with van der Waals surface area (Å²) in [5, 5.41) is 9.98. The van der Waals surface area contributed by atoms with Crippen LogP contribution in [0.1, 0.15) is 28.0 Å². The number of hydrogen-bond donors (Lipinski definition) is 1. The lowest BCUT2D eigenvalue weighted by Gasteiger charge is -2.15. The van der Waals surface area contributed by atoms with Crippen LogP contribution in [0.5, 0.6) is 0 Å². The van der Waals surface area contributed by atoms with E-state index in [0.29, 0.717) is 40.2 Å². The molecule has 1 N–H and O–H groups in total. The van der Waals surface area contributed by atoms with Crippen molar-refractivity contribution in [1.82, 2.24) is 15.3 Å². The summed E-state index contributed by atoms with van der Waals surface area (Å²) in [4.78, 5) is 17.3. The zero-order chi connectivity index (χ0) is 21.8. The highest BCUT2D eigenvalue weighted by Gasteiger charge is 2.23. The van der Waals surface area contributed by atoms with Crippen LogP contribution < -0.4 is 5.32 Å². The molecular weight excluding hydrogens is 419 g/mol. The molecule has 31 heavy (non-hydrogen) atoms. The second kappa shape index (κ2) is 9.13. The van der Waals surface area contributed by atoms with Crippen molar-refractivity contribution in [3.05, 3.63) is 83.2 Å². The van der Waals surface area contributed by atoms with Gasteiger partial charge >= 0.3 is 0 Å². The standard InChI is InChI=1S/C22H19FN4O3S/c1-13-8-9-16(11-17(13)23)21-25-19(30-27-21)12-31-20(15-6-4-3-5-7-15)22(28)24-18-10-14(2)29-26-18/h3-11,20H,12H2,1-2H3,(H,24,26,28). The van der Waals surface area contributed by atoms with Gasteiger partial charge in [0.1, 0.15) is 16.8 Å². The molecule has 9 heteroatoms. The maximum absolute atomic E-state index is 13.8. The maximum Gasteiger partial charge on any atom is 0.243 e. The summed E-state index contributed by atoms with van der Waals surface area (Å²) in [6.07, 6.45) is 0. The molecule has 4 rings (SSSR count). The molecule has 1 atom stereocenters. The third-order valence-electron chi connectivity index (χ3n) is 4.49. The first-order valence-electron chi connectivity index (χ1n) is 9.49. The highest BCUT2D eigenvalue weighted by atomic mass is 32.2. The Kier molecular flexibility index (Phi) is 6.13. The maximum atomic E-state index is 13.8. The molecule has 0 aliphatic carbocycles. The first-order chi connectivity index (χ1) is 15.0. The fourth-order valence-corrected chi connectivity index (χ4v) is 3.87. The first kappa shape index (κ1) is 20.8. The van der Waals surface area contributed by atoms with E-state index in [1.54, 1.807) is 32.0 Å². The lowest BCUT2D eigenvalue weighted by atomic mass is 10.1. The molecule has 2 aromatic carbocycles. The number of halogens is 1. The average molecular weight is 438 g/mol. The smallest absolute Gasteiger partial charge is 0.243 e. The third kappa shape index (κ3) is 5.00. The van der Waals surface area contributed by atoms with Crippen molar-refractivity contribution in [2.75, 3.05) is 5.32 Å². The summed E-state index contributed by atoms with van der Waals surface area (Å²) in [5.41, 5.74) is 1.90. The number of anilines is 1. The van der Waals surface area contributed by atoms with Crippen molar-refractivity contribution in [1.29, 1.82) is 0 Å². The fraction of sp³-hybridized carbons (Fsp3) is 0.182. The van der Waals surface area contributed by atoms with Crippen molar-refractivity contribution >= 4 is 23.5 Å². The predicted molar refractivity (Wildman–Crippen MR) is 115 cm³/mol. The van der Waals surface area contributed by atoms with E-state index in [1.165, 1.54) is 17.8 Å². The van der Waals surface area contributed by atoms with Crippen LogP contribution in [0.25, 0.3) is 11.4 Å².